The molecule has 1 aromatic carbocycles. The highest BCUT2D eigenvalue weighted by atomic mass is 19.4. The van der Waals surface area contributed by atoms with Crippen LogP contribution >= 0.6 is 0 Å². The first kappa shape index (κ1) is 20.2. The number of piperazine rings is 1. The molecule has 2 rings (SSSR count). The maximum Gasteiger partial charge on any atom is 0.411 e. The number of rotatable bonds is 6. The highest BCUT2D eigenvalue weighted by molar-refractivity contribution is 5.80. The lowest BCUT2D eigenvalue weighted by molar-refractivity contribution is -0.175. The molecule has 1 fully saturated rings. The number of carbonyl (C=O) groups is 2. The highest BCUT2D eigenvalue weighted by Crippen LogP contribution is 2.14. The lowest BCUT2D eigenvalue weighted by Gasteiger charge is -2.35. The Hall–Kier alpha value is -2.16. The van der Waals surface area contributed by atoms with Crippen molar-refractivity contribution in [3.05, 3.63) is 35.6 Å². The summed E-state index contributed by atoms with van der Waals surface area (Å²) in [6, 6.07) is 5.68. The Morgan fingerprint density at radius 1 is 0.962 bits per heavy atom. The minimum atomic E-state index is -4.40. The Morgan fingerprint density at radius 3 is 2.04 bits per heavy atom. The van der Waals surface area contributed by atoms with E-state index in [1.165, 1.54) is 17.0 Å². The van der Waals surface area contributed by atoms with Crippen molar-refractivity contribution in [3.63, 3.8) is 0 Å². The van der Waals surface area contributed by atoms with Crippen LogP contribution in [0.5, 0.6) is 0 Å². The fourth-order valence-electron chi connectivity index (χ4n) is 2.60. The van der Waals surface area contributed by atoms with Crippen molar-refractivity contribution in [2.45, 2.75) is 19.0 Å². The van der Waals surface area contributed by atoms with Crippen LogP contribution in [-0.4, -0.2) is 67.2 Å². The van der Waals surface area contributed by atoms with Gasteiger partial charge in [0.1, 0.15) is 12.4 Å². The van der Waals surface area contributed by atoms with Gasteiger partial charge < -0.3 is 14.5 Å². The molecule has 0 bridgehead atoms. The standard InChI is InChI=1S/C17H20F4N2O3/c18-14-3-1-13(2-4-14)11-16(25)23-8-6-22(7-9-23)15(24)5-10-26-12-17(19,20)21/h1-4H,5-12H2. The van der Waals surface area contributed by atoms with Crippen LogP contribution in [0.1, 0.15) is 12.0 Å². The summed E-state index contributed by atoms with van der Waals surface area (Å²) in [5.41, 5.74) is 0.705. The maximum absolute atomic E-state index is 12.9. The summed E-state index contributed by atoms with van der Waals surface area (Å²) in [5.74, 6) is -0.775. The van der Waals surface area contributed by atoms with E-state index in [4.69, 9.17) is 0 Å². The topological polar surface area (TPSA) is 49.9 Å². The van der Waals surface area contributed by atoms with Gasteiger partial charge in [0.2, 0.25) is 11.8 Å². The Labute approximate surface area is 148 Å². The van der Waals surface area contributed by atoms with Gasteiger partial charge in [-0.25, -0.2) is 4.39 Å². The summed E-state index contributed by atoms with van der Waals surface area (Å²) in [7, 11) is 0. The van der Waals surface area contributed by atoms with Gasteiger partial charge in [-0.2, -0.15) is 13.2 Å². The van der Waals surface area contributed by atoms with Gasteiger partial charge in [-0.1, -0.05) is 12.1 Å². The molecule has 1 aliphatic rings. The molecule has 0 spiro atoms. The van der Waals surface area contributed by atoms with Crippen molar-refractivity contribution in [2.75, 3.05) is 39.4 Å². The Kier molecular flexibility index (Phi) is 6.96. The second-order valence-electron chi connectivity index (χ2n) is 5.98. The van der Waals surface area contributed by atoms with Crippen LogP contribution in [0.25, 0.3) is 0 Å². The minimum absolute atomic E-state index is 0.114. The number of amides is 2. The molecule has 0 unspecified atom stereocenters. The summed E-state index contributed by atoms with van der Waals surface area (Å²) in [6.45, 7) is -0.293. The fraction of sp³-hybridized carbons (Fsp3) is 0.529. The molecule has 0 aliphatic carbocycles. The zero-order chi connectivity index (χ0) is 19.2. The molecule has 0 atom stereocenters. The Balaban J connectivity index is 1.70. The van der Waals surface area contributed by atoms with Gasteiger partial charge in [0.05, 0.1) is 19.4 Å². The average molecular weight is 376 g/mol. The van der Waals surface area contributed by atoms with Crippen LogP contribution in [0.2, 0.25) is 0 Å². The molecule has 0 saturated carbocycles. The van der Waals surface area contributed by atoms with E-state index >= 15 is 0 Å². The van der Waals surface area contributed by atoms with E-state index < -0.39 is 12.8 Å². The summed E-state index contributed by atoms with van der Waals surface area (Å²) < 4.78 is 53.2. The third-order valence-electron chi connectivity index (χ3n) is 3.98. The third kappa shape index (κ3) is 6.62. The predicted octanol–water partition coefficient (Wildman–Crippen LogP) is 2.01. The Bertz CT molecular complexity index is 611. The minimum Gasteiger partial charge on any atom is -0.372 e. The zero-order valence-corrected chi connectivity index (χ0v) is 14.1. The molecule has 1 heterocycles. The Morgan fingerprint density at radius 2 is 1.50 bits per heavy atom. The van der Waals surface area contributed by atoms with Crippen LogP contribution in [0, 0.1) is 5.82 Å². The van der Waals surface area contributed by atoms with Crippen LogP contribution < -0.4 is 0 Å². The molecular weight excluding hydrogens is 356 g/mol. The van der Waals surface area contributed by atoms with Crippen LogP contribution in [0.4, 0.5) is 17.6 Å². The molecule has 1 aliphatic heterocycles. The fourth-order valence-corrected chi connectivity index (χ4v) is 2.60. The van der Waals surface area contributed by atoms with Crippen molar-refractivity contribution >= 4 is 11.8 Å². The highest BCUT2D eigenvalue weighted by Gasteiger charge is 2.28. The zero-order valence-electron chi connectivity index (χ0n) is 14.1. The van der Waals surface area contributed by atoms with Crippen LogP contribution in [0.15, 0.2) is 24.3 Å². The number of carbonyl (C=O) groups excluding carboxylic acids is 2. The van der Waals surface area contributed by atoms with Gasteiger partial charge in [0.25, 0.3) is 0 Å². The van der Waals surface area contributed by atoms with E-state index in [0.717, 1.165) is 0 Å². The molecule has 2 amide bonds. The van der Waals surface area contributed by atoms with Crippen LogP contribution in [-0.2, 0) is 20.7 Å². The molecule has 0 N–H and O–H groups in total. The molecule has 0 radical (unpaired) electrons. The third-order valence-corrected chi connectivity index (χ3v) is 3.98. The van der Waals surface area contributed by atoms with Gasteiger partial charge in [-0.15, -0.1) is 0 Å². The van der Waals surface area contributed by atoms with E-state index in [2.05, 4.69) is 4.74 Å². The van der Waals surface area contributed by atoms with Gasteiger partial charge in [-0.05, 0) is 17.7 Å². The summed E-state index contributed by atoms with van der Waals surface area (Å²) in [5, 5.41) is 0. The molecular formula is C17H20F4N2O3. The number of benzene rings is 1. The SMILES string of the molecule is O=C(CCOCC(F)(F)F)N1CCN(C(=O)Cc2ccc(F)cc2)CC1. The molecule has 144 valence electrons. The lowest BCUT2D eigenvalue weighted by Crippen LogP contribution is -2.51. The lowest BCUT2D eigenvalue weighted by atomic mass is 10.1. The number of hydrogen-bond donors (Lipinski definition) is 0. The number of nitrogens with zero attached hydrogens (tertiary/aromatic N) is 2. The second kappa shape index (κ2) is 8.98. The van der Waals surface area contributed by atoms with Gasteiger partial charge >= 0.3 is 6.18 Å². The van der Waals surface area contributed by atoms with Crippen molar-refractivity contribution in [1.29, 1.82) is 0 Å². The van der Waals surface area contributed by atoms with Crippen molar-refractivity contribution < 1.29 is 31.9 Å². The summed E-state index contributed by atoms with van der Waals surface area (Å²) in [6.07, 6.45) is -4.38. The van der Waals surface area contributed by atoms with Gasteiger partial charge in [0, 0.05) is 26.2 Å². The number of ether oxygens (including phenoxy) is 1. The first-order valence-electron chi connectivity index (χ1n) is 8.19. The summed E-state index contributed by atoms with van der Waals surface area (Å²) >= 11 is 0. The normalized spacial score (nSPS) is 15.2. The van der Waals surface area contributed by atoms with E-state index in [1.54, 1.807) is 17.0 Å². The maximum atomic E-state index is 12.9. The van der Waals surface area contributed by atoms with Crippen LogP contribution in [0.3, 0.4) is 0 Å². The first-order chi connectivity index (χ1) is 12.2. The van der Waals surface area contributed by atoms with Gasteiger partial charge in [-0.3, -0.25) is 9.59 Å². The molecule has 9 heteroatoms. The van der Waals surface area contributed by atoms with E-state index in [-0.39, 0.29) is 37.1 Å². The second-order valence-corrected chi connectivity index (χ2v) is 5.98. The number of alkyl halides is 3. The molecule has 1 saturated heterocycles. The van der Waals surface area contributed by atoms with Crippen molar-refractivity contribution in [2.24, 2.45) is 0 Å². The number of hydrogen-bond acceptors (Lipinski definition) is 3. The molecule has 5 nitrogen and oxygen atoms in total. The molecule has 0 aromatic heterocycles. The summed E-state index contributed by atoms with van der Waals surface area (Å²) in [4.78, 5) is 27.3. The smallest absolute Gasteiger partial charge is 0.372 e. The largest absolute Gasteiger partial charge is 0.411 e. The average Bonchev–Trinajstić information content (AvgIpc) is 2.60. The van der Waals surface area contributed by atoms with Gasteiger partial charge in [0.15, 0.2) is 0 Å². The van der Waals surface area contributed by atoms with E-state index in [0.29, 0.717) is 31.7 Å². The quantitative estimate of drug-likeness (QED) is 0.564. The van der Waals surface area contributed by atoms with E-state index in [9.17, 15) is 27.2 Å². The predicted molar refractivity (Wildman–Crippen MR) is 84.8 cm³/mol. The van der Waals surface area contributed by atoms with Crippen molar-refractivity contribution in [3.8, 4) is 0 Å². The first-order valence-corrected chi connectivity index (χ1v) is 8.19. The number of halogens is 4. The molecule has 26 heavy (non-hydrogen) atoms. The van der Waals surface area contributed by atoms with Crippen molar-refractivity contribution in [1.82, 2.24) is 9.80 Å². The monoisotopic (exact) mass is 376 g/mol. The van der Waals surface area contributed by atoms with E-state index in [1.807, 2.05) is 0 Å². The molecule has 1 aromatic rings.